The van der Waals surface area contributed by atoms with Gasteiger partial charge < -0.3 is 9.67 Å². The van der Waals surface area contributed by atoms with Crippen molar-refractivity contribution in [2.45, 2.75) is 31.1 Å². The summed E-state index contributed by atoms with van der Waals surface area (Å²) in [5.74, 6) is 0.0286. The third-order valence-electron chi connectivity index (χ3n) is 4.92. The first-order valence-electron chi connectivity index (χ1n) is 8.44. The Morgan fingerprint density at radius 1 is 1.18 bits per heavy atom. The van der Waals surface area contributed by atoms with Gasteiger partial charge in [-0.3, -0.25) is 4.98 Å². The Kier molecular flexibility index (Phi) is 4.16. The molecule has 0 saturated heterocycles. The monoisotopic (exact) mass is 411 g/mol. The zero-order chi connectivity index (χ0) is 20.3. The predicted octanol–water partition coefficient (Wildman–Crippen LogP) is 3.27. The van der Waals surface area contributed by atoms with Crippen LogP contribution in [0.5, 0.6) is 5.88 Å². The Morgan fingerprint density at radius 3 is 2.61 bits per heavy atom. The first kappa shape index (κ1) is 18.8. The summed E-state index contributed by atoms with van der Waals surface area (Å²) in [6.07, 6.45) is -2.99. The van der Waals surface area contributed by atoms with E-state index in [9.17, 15) is 26.7 Å². The number of hydrogen-bond acceptors (Lipinski definition) is 4. The molecule has 148 valence electrons. The van der Waals surface area contributed by atoms with Gasteiger partial charge in [0.1, 0.15) is 0 Å². The van der Waals surface area contributed by atoms with Gasteiger partial charge in [-0.15, -0.1) is 0 Å². The second kappa shape index (κ2) is 6.21. The Morgan fingerprint density at radius 2 is 1.93 bits per heavy atom. The van der Waals surface area contributed by atoms with Crippen LogP contribution in [0.3, 0.4) is 0 Å². The zero-order valence-corrected chi connectivity index (χ0v) is 15.5. The second-order valence-corrected chi connectivity index (χ2v) is 8.54. The van der Waals surface area contributed by atoms with Gasteiger partial charge >= 0.3 is 6.18 Å². The number of rotatable bonds is 2. The van der Waals surface area contributed by atoms with E-state index in [4.69, 9.17) is 0 Å². The molecule has 0 spiro atoms. The molecule has 1 N–H and O–H groups in total. The van der Waals surface area contributed by atoms with Crippen molar-refractivity contribution in [3.05, 3.63) is 53.3 Å². The lowest BCUT2D eigenvalue weighted by molar-refractivity contribution is -0.137. The summed E-state index contributed by atoms with van der Waals surface area (Å²) in [5, 5.41) is 10.9. The van der Waals surface area contributed by atoms with E-state index in [0.29, 0.717) is 16.6 Å². The quantitative estimate of drug-likeness (QED) is 0.702. The molecule has 0 aliphatic carbocycles. The molecule has 10 heteroatoms. The van der Waals surface area contributed by atoms with Crippen LogP contribution in [0.1, 0.15) is 16.8 Å². The summed E-state index contributed by atoms with van der Waals surface area (Å²) >= 11 is 0. The highest BCUT2D eigenvalue weighted by Gasteiger charge is 2.35. The van der Waals surface area contributed by atoms with Crippen LogP contribution in [0.2, 0.25) is 0 Å². The van der Waals surface area contributed by atoms with Gasteiger partial charge in [-0.2, -0.15) is 17.5 Å². The lowest BCUT2D eigenvalue weighted by atomic mass is 10.1. The number of halogens is 3. The lowest BCUT2D eigenvalue weighted by Gasteiger charge is -2.28. The number of alkyl halides is 3. The molecule has 2 aromatic heterocycles. The number of fused-ring (bicyclic) bond motifs is 3. The van der Waals surface area contributed by atoms with E-state index < -0.39 is 21.8 Å². The Balaban J connectivity index is 1.74. The number of aromatic nitrogens is 2. The molecular formula is C18H16F3N3O3S. The molecule has 0 bridgehead atoms. The Labute approximate surface area is 158 Å². The highest BCUT2D eigenvalue weighted by molar-refractivity contribution is 7.89. The number of benzene rings is 1. The molecular weight excluding hydrogens is 395 g/mol. The van der Waals surface area contributed by atoms with Gasteiger partial charge in [0, 0.05) is 19.3 Å². The molecule has 1 aliphatic heterocycles. The topological polar surface area (TPSA) is 75.4 Å². The summed E-state index contributed by atoms with van der Waals surface area (Å²) < 4.78 is 67.6. The number of aromatic hydroxyl groups is 1. The molecule has 0 unspecified atom stereocenters. The van der Waals surface area contributed by atoms with Crippen LogP contribution >= 0.6 is 0 Å². The first-order chi connectivity index (χ1) is 13.1. The van der Waals surface area contributed by atoms with Crippen molar-refractivity contribution in [1.82, 2.24) is 13.9 Å². The van der Waals surface area contributed by atoms with Gasteiger partial charge in [-0.1, -0.05) is 0 Å². The minimum atomic E-state index is -4.54. The minimum absolute atomic E-state index is 0.0286. The zero-order valence-electron chi connectivity index (χ0n) is 14.7. The van der Waals surface area contributed by atoms with Crippen molar-refractivity contribution < 1.29 is 26.7 Å². The van der Waals surface area contributed by atoms with Crippen LogP contribution in [0.25, 0.3) is 10.9 Å². The lowest BCUT2D eigenvalue weighted by Crippen LogP contribution is -2.38. The third-order valence-corrected chi connectivity index (χ3v) is 6.93. The highest BCUT2D eigenvalue weighted by atomic mass is 32.2. The van der Waals surface area contributed by atoms with Crippen LogP contribution < -0.4 is 0 Å². The molecule has 0 radical (unpaired) electrons. The van der Waals surface area contributed by atoms with Crippen LogP contribution in [0.15, 0.2) is 41.4 Å². The van der Waals surface area contributed by atoms with Gasteiger partial charge in [0.25, 0.3) is 0 Å². The molecule has 1 aromatic carbocycles. The Bertz CT molecular complexity index is 1190. The molecule has 4 rings (SSSR count). The van der Waals surface area contributed by atoms with Crippen LogP contribution in [-0.2, 0) is 29.3 Å². The average Bonchev–Trinajstić information content (AvgIpc) is 2.93. The van der Waals surface area contributed by atoms with Crippen LogP contribution in [-0.4, -0.2) is 33.9 Å². The van der Waals surface area contributed by atoms with E-state index >= 15 is 0 Å². The first-order valence-corrected chi connectivity index (χ1v) is 9.88. The summed E-state index contributed by atoms with van der Waals surface area (Å²) in [4.78, 5) is 4.07. The summed E-state index contributed by atoms with van der Waals surface area (Å²) in [5.41, 5.74) is 0.190. The smallest absolute Gasteiger partial charge is 0.416 e. The maximum atomic E-state index is 13.1. The molecule has 3 heterocycles. The molecule has 0 saturated carbocycles. The number of aryl methyl sites for hydroxylation is 1. The van der Waals surface area contributed by atoms with E-state index in [0.717, 1.165) is 18.2 Å². The van der Waals surface area contributed by atoms with Gasteiger partial charge in [-0.05, 0) is 42.8 Å². The van der Waals surface area contributed by atoms with E-state index in [2.05, 4.69) is 4.98 Å². The van der Waals surface area contributed by atoms with E-state index in [-0.39, 0.29) is 36.0 Å². The summed E-state index contributed by atoms with van der Waals surface area (Å²) in [7, 11) is -4.01. The SMILES string of the molecule is Cc1cc(C(F)(F)F)ccc1S(=O)(=O)N1CCn2c(O)c3cccnc3c2C1. The van der Waals surface area contributed by atoms with Gasteiger partial charge in [-0.25, -0.2) is 8.42 Å². The van der Waals surface area contributed by atoms with Crippen molar-refractivity contribution >= 4 is 20.9 Å². The maximum absolute atomic E-state index is 13.1. The fraction of sp³-hybridized carbons (Fsp3) is 0.278. The Hall–Kier alpha value is -2.59. The largest absolute Gasteiger partial charge is 0.494 e. The average molecular weight is 411 g/mol. The number of sulfonamides is 1. The summed E-state index contributed by atoms with van der Waals surface area (Å²) in [6, 6.07) is 5.97. The number of pyridine rings is 1. The van der Waals surface area contributed by atoms with Gasteiger partial charge in [0.15, 0.2) is 0 Å². The molecule has 0 atom stereocenters. The van der Waals surface area contributed by atoms with Crippen molar-refractivity contribution in [2.75, 3.05) is 6.54 Å². The maximum Gasteiger partial charge on any atom is 0.416 e. The fourth-order valence-electron chi connectivity index (χ4n) is 3.53. The van der Waals surface area contributed by atoms with Crippen molar-refractivity contribution in [1.29, 1.82) is 0 Å². The van der Waals surface area contributed by atoms with Gasteiger partial charge in [0.2, 0.25) is 15.9 Å². The predicted molar refractivity (Wildman–Crippen MR) is 95.2 cm³/mol. The molecule has 3 aromatic rings. The normalized spacial score (nSPS) is 15.7. The molecule has 1 aliphatic rings. The van der Waals surface area contributed by atoms with Crippen LogP contribution in [0.4, 0.5) is 13.2 Å². The van der Waals surface area contributed by atoms with Gasteiger partial charge in [0.05, 0.1) is 33.6 Å². The molecule has 6 nitrogen and oxygen atoms in total. The number of hydrogen-bond donors (Lipinski definition) is 1. The third kappa shape index (κ3) is 2.83. The van der Waals surface area contributed by atoms with Crippen LogP contribution in [0, 0.1) is 6.92 Å². The van der Waals surface area contributed by atoms with Crippen molar-refractivity contribution in [2.24, 2.45) is 0 Å². The van der Waals surface area contributed by atoms with E-state index in [1.54, 1.807) is 22.9 Å². The van der Waals surface area contributed by atoms with Crippen molar-refractivity contribution in [3.8, 4) is 5.88 Å². The minimum Gasteiger partial charge on any atom is -0.494 e. The van der Waals surface area contributed by atoms with E-state index in [1.807, 2.05) is 0 Å². The second-order valence-electron chi connectivity index (χ2n) is 6.64. The highest BCUT2D eigenvalue weighted by Crippen LogP contribution is 2.36. The fourth-order valence-corrected chi connectivity index (χ4v) is 5.13. The number of nitrogens with zero attached hydrogens (tertiary/aromatic N) is 3. The standard InChI is InChI=1S/C18H16F3N3O3S/c1-11-9-12(18(19,20)21)4-5-15(11)28(26,27)23-7-8-24-14(10-23)16-13(17(24)25)3-2-6-22-16/h2-6,9,25H,7-8,10H2,1H3. The molecule has 0 fully saturated rings. The van der Waals surface area contributed by atoms with E-state index in [1.165, 1.54) is 11.2 Å². The molecule has 28 heavy (non-hydrogen) atoms. The van der Waals surface area contributed by atoms with Crippen molar-refractivity contribution in [3.63, 3.8) is 0 Å². The molecule has 0 amide bonds. The summed E-state index contributed by atoms with van der Waals surface area (Å²) in [6.45, 7) is 1.62.